The summed E-state index contributed by atoms with van der Waals surface area (Å²) in [5, 5.41) is 9.24. The van der Waals surface area contributed by atoms with Crippen LogP contribution in [0.2, 0.25) is 0 Å². The Morgan fingerprint density at radius 2 is 1.95 bits per heavy atom. The van der Waals surface area contributed by atoms with Gasteiger partial charge in [-0.05, 0) is 38.5 Å². The Morgan fingerprint density at radius 1 is 1.25 bits per heavy atom. The van der Waals surface area contributed by atoms with E-state index in [1.54, 1.807) is 0 Å². The lowest BCUT2D eigenvalue weighted by molar-refractivity contribution is 0.202. The van der Waals surface area contributed by atoms with Crippen molar-refractivity contribution in [3.8, 4) is 0 Å². The summed E-state index contributed by atoms with van der Waals surface area (Å²) in [5.41, 5.74) is 3.71. The molecule has 2 fully saturated rings. The number of nitrogen functional groups attached to an aromatic ring is 1. The molecule has 0 radical (unpaired) electrons. The summed E-state index contributed by atoms with van der Waals surface area (Å²) in [6.07, 6.45) is 4.40. The first-order valence-electron chi connectivity index (χ1n) is 7.44. The largest absolute Gasteiger partial charge is 0.396 e. The third-order valence-corrected chi connectivity index (χ3v) is 4.39. The highest BCUT2D eigenvalue weighted by molar-refractivity contribution is 5.58. The molecule has 20 heavy (non-hydrogen) atoms. The Balaban J connectivity index is 1.86. The van der Waals surface area contributed by atoms with Crippen LogP contribution in [0.5, 0.6) is 0 Å². The van der Waals surface area contributed by atoms with E-state index in [0.29, 0.717) is 18.4 Å². The van der Waals surface area contributed by atoms with Crippen LogP contribution < -0.4 is 16.2 Å². The second-order valence-electron chi connectivity index (χ2n) is 5.91. The predicted octanol–water partition coefficient (Wildman–Crippen LogP) is 1.16. The fourth-order valence-electron chi connectivity index (χ4n) is 2.82. The molecule has 6 nitrogen and oxygen atoms in total. The number of nitrogens with zero attached hydrogens (tertiary/aromatic N) is 3. The highest BCUT2D eigenvalue weighted by atomic mass is 16.3. The Kier molecular flexibility index (Phi) is 3.76. The predicted molar refractivity (Wildman–Crippen MR) is 78.6 cm³/mol. The van der Waals surface area contributed by atoms with Crippen LogP contribution in [0.4, 0.5) is 11.6 Å². The second kappa shape index (κ2) is 5.54. The van der Waals surface area contributed by atoms with Crippen LogP contribution in [0, 0.1) is 12.8 Å². The molecule has 0 aromatic carbocycles. The van der Waals surface area contributed by atoms with Crippen LogP contribution in [0.15, 0.2) is 0 Å². The van der Waals surface area contributed by atoms with E-state index >= 15 is 0 Å². The average Bonchev–Trinajstić information content (AvgIpc) is 3.32. The maximum Gasteiger partial charge on any atom is 0.148 e. The van der Waals surface area contributed by atoms with Crippen molar-refractivity contribution >= 4 is 11.6 Å². The van der Waals surface area contributed by atoms with Crippen LogP contribution >= 0.6 is 0 Å². The number of hydrogen-bond donors (Lipinski definition) is 3. The van der Waals surface area contributed by atoms with E-state index < -0.39 is 0 Å². The van der Waals surface area contributed by atoms with Crippen LogP contribution in [0.1, 0.15) is 43.0 Å². The molecule has 0 atom stereocenters. The standard InChI is InChI=1S/C14H23N5O/c1-9-12(18-15)16-13(11-2-3-11)17-14(9)19-6-4-10(8-20)5-7-19/h10-11,20H,2-8,15H2,1H3,(H,16,17,18). The molecule has 0 unspecified atom stereocenters. The smallest absolute Gasteiger partial charge is 0.148 e. The van der Waals surface area contributed by atoms with E-state index in [1.807, 2.05) is 6.92 Å². The Morgan fingerprint density at radius 3 is 2.50 bits per heavy atom. The molecule has 2 heterocycles. The molecule has 4 N–H and O–H groups in total. The summed E-state index contributed by atoms with van der Waals surface area (Å²) in [4.78, 5) is 11.6. The van der Waals surface area contributed by atoms with Crippen molar-refractivity contribution < 1.29 is 5.11 Å². The quantitative estimate of drug-likeness (QED) is 0.565. The summed E-state index contributed by atoms with van der Waals surface area (Å²) in [7, 11) is 0. The highest BCUT2D eigenvalue weighted by Crippen LogP contribution is 2.40. The fraction of sp³-hybridized carbons (Fsp3) is 0.714. The van der Waals surface area contributed by atoms with Gasteiger partial charge >= 0.3 is 0 Å². The van der Waals surface area contributed by atoms with Gasteiger partial charge in [0, 0.05) is 31.2 Å². The highest BCUT2D eigenvalue weighted by Gasteiger charge is 2.30. The van der Waals surface area contributed by atoms with E-state index in [0.717, 1.165) is 49.0 Å². The van der Waals surface area contributed by atoms with E-state index in [9.17, 15) is 5.11 Å². The molecule has 0 spiro atoms. The topological polar surface area (TPSA) is 87.3 Å². The summed E-state index contributed by atoms with van der Waals surface area (Å²) < 4.78 is 0. The zero-order valence-corrected chi connectivity index (χ0v) is 12.0. The van der Waals surface area contributed by atoms with Crippen LogP contribution in [-0.4, -0.2) is 34.8 Å². The van der Waals surface area contributed by atoms with Gasteiger partial charge in [-0.1, -0.05) is 0 Å². The molecule has 0 amide bonds. The lowest BCUT2D eigenvalue weighted by atomic mass is 9.97. The number of aliphatic hydroxyl groups excluding tert-OH is 1. The van der Waals surface area contributed by atoms with Gasteiger partial charge in [0.25, 0.3) is 0 Å². The lowest BCUT2D eigenvalue weighted by Crippen LogP contribution is -2.36. The first-order chi connectivity index (χ1) is 9.72. The number of aliphatic hydroxyl groups is 1. The van der Waals surface area contributed by atoms with E-state index in [-0.39, 0.29) is 0 Å². The van der Waals surface area contributed by atoms with Gasteiger partial charge in [0.1, 0.15) is 17.5 Å². The maximum atomic E-state index is 9.24. The minimum Gasteiger partial charge on any atom is -0.396 e. The molecule has 2 aliphatic rings. The molecule has 110 valence electrons. The number of nitrogens with two attached hydrogens (primary N) is 1. The van der Waals surface area contributed by atoms with Crippen molar-refractivity contribution in [1.29, 1.82) is 0 Å². The number of anilines is 2. The molecule has 3 rings (SSSR count). The van der Waals surface area contributed by atoms with E-state index in [1.165, 1.54) is 12.8 Å². The Labute approximate surface area is 119 Å². The van der Waals surface area contributed by atoms with Crippen LogP contribution in [0.25, 0.3) is 0 Å². The van der Waals surface area contributed by atoms with Gasteiger partial charge < -0.3 is 15.4 Å². The van der Waals surface area contributed by atoms with Gasteiger partial charge in [-0.25, -0.2) is 15.8 Å². The molecule has 1 saturated carbocycles. The van der Waals surface area contributed by atoms with Crippen molar-refractivity contribution in [2.45, 2.75) is 38.5 Å². The van der Waals surface area contributed by atoms with Crippen LogP contribution in [0.3, 0.4) is 0 Å². The molecular weight excluding hydrogens is 254 g/mol. The van der Waals surface area contributed by atoms with Crippen molar-refractivity contribution in [2.75, 3.05) is 30.0 Å². The van der Waals surface area contributed by atoms with E-state index in [4.69, 9.17) is 10.8 Å². The monoisotopic (exact) mass is 277 g/mol. The first-order valence-corrected chi connectivity index (χ1v) is 7.44. The normalized spacial score (nSPS) is 20.2. The van der Waals surface area contributed by atoms with Gasteiger partial charge in [-0.15, -0.1) is 0 Å². The Bertz CT molecular complexity index is 481. The molecule has 1 aliphatic carbocycles. The Hall–Kier alpha value is -1.40. The molecule has 1 aromatic rings. The molecule has 1 aliphatic heterocycles. The molecule has 0 bridgehead atoms. The summed E-state index contributed by atoms with van der Waals surface area (Å²) in [6, 6.07) is 0. The zero-order valence-electron chi connectivity index (χ0n) is 12.0. The van der Waals surface area contributed by atoms with Gasteiger partial charge in [-0.3, -0.25) is 0 Å². The van der Waals surface area contributed by atoms with Crippen LogP contribution in [-0.2, 0) is 0 Å². The van der Waals surface area contributed by atoms with Gasteiger partial charge in [-0.2, -0.15) is 0 Å². The number of rotatable bonds is 4. The van der Waals surface area contributed by atoms with Gasteiger partial charge in [0.05, 0.1) is 0 Å². The fourth-order valence-corrected chi connectivity index (χ4v) is 2.82. The number of piperidine rings is 1. The number of hydrogen-bond acceptors (Lipinski definition) is 6. The molecule has 6 heteroatoms. The van der Waals surface area contributed by atoms with Gasteiger partial charge in [0.15, 0.2) is 0 Å². The number of aromatic nitrogens is 2. The molecular formula is C14H23N5O. The van der Waals surface area contributed by atoms with E-state index in [2.05, 4.69) is 15.3 Å². The second-order valence-corrected chi connectivity index (χ2v) is 5.91. The number of nitrogens with one attached hydrogen (secondary N) is 1. The third-order valence-electron chi connectivity index (χ3n) is 4.39. The average molecular weight is 277 g/mol. The lowest BCUT2D eigenvalue weighted by Gasteiger charge is -2.33. The summed E-state index contributed by atoms with van der Waals surface area (Å²) in [6.45, 7) is 4.19. The third kappa shape index (κ3) is 2.58. The first kappa shape index (κ1) is 13.6. The summed E-state index contributed by atoms with van der Waals surface area (Å²) in [5.74, 6) is 9.20. The molecule has 1 saturated heterocycles. The minimum absolute atomic E-state index is 0.291. The van der Waals surface area contributed by atoms with Gasteiger partial charge in [0.2, 0.25) is 0 Å². The van der Waals surface area contributed by atoms with Crippen molar-refractivity contribution in [1.82, 2.24) is 9.97 Å². The zero-order chi connectivity index (χ0) is 14.1. The maximum absolute atomic E-state index is 9.24. The minimum atomic E-state index is 0.291. The van der Waals surface area contributed by atoms with Crippen molar-refractivity contribution in [3.05, 3.63) is 11.4 Å². The SMILES string of the molecule is Cc1c(NN)nc(C2CC2)nc1N1CCC(CO)CC1. The summed E-state index contributed by atoms with van der Waals surface area (Å²) >= 11 is 0. The number of hydrazine groups is 1. The molecule has 1 aromatic heterocycles. The van der Waals surface area contributed by atoms with Crippen molar-refractivity contribution in [3.63, 3.8) is 0 Å². The van der Waals surface area contributed by atoms with Crippen molar-refractivity contribution in [2.24, 2.45) is 11.8 Å².